The summed E-state index contributed by atoms with van der Waals surface area (Å²) in [7, 11) is 0. The van der Waals surface area contributed by atoms with Gasteiger partial charge in [-0.15, -0.1) is 0 Å². The molecule has 1 aromatic rings. The summed E-state index contributed by atoms with van der Waals surface area (Å²) in [4.78, 5) is 10.9. The molecule has 0 bridgehead atoms. The van der Waals surface area contributed by atoms with Crippen LogP contribution in [0.4, 0.5) is 4.39 Å². The molecule has 0 saturated heterocycles. The Morgan fingerprint density at radius 2 is 2.17 bits per heavy atom. The first-order chi connectivity index (χ1) is 8.56. The van der Waals surface area contributed by atoms with E-state index in [1.807, 2.05) is 0 Å². The lowest BCUT2D eigenvalue weighted by Gasteiger charge is -2.13. The summed E-state index contributed by atoms with van der Waals surface area (Å²) in [6.07, 6.45) is -0.894. The first kappa shape index (κ1) is 14.4. The fourth-order valence-corrected chi connectivity index (χ4v) is 1.32. The highest BCUT2D eigenvalue weighted by Crippen LogP contribution is 2.21. The number of halogens is 1. The van der Waals surface area contributed by atoms with Crippen molar-refractivity contribution in [3.05, 3.63) is 29.6 Å². The van der Waals surface area contributed by atoms with Gasteiger partial charge in [-0.25, -0.2) is 9.18 Å². The molecule has 1 rings (SSSR count). The van der Waals surface area contributed by atoms with Crippen molar-refractivity contribution in [3.8, 4) is 5.75 Å². The molecular weight excluding hydrogens is 243 g/mol. The summed E-state index contributed by atoms with van der Waals surface area (Å²) in [6, 6.07) is 3.71. The number of aliphatic hydroxyl groups is 1. The van der Waals surface area contributed by atoms with Gasteiger partial charge < -0.3 is 19.7 Å². The predicted molar refractivity (Wildman–Crippen MR) is 61.4 cm³/mol. The first-order valence-corrected chi connectivity index (χ1v) is 5.46. The Kier molecular flexibility index (Phi) is 5.54. The molecule has 2 N–H and O–H groups in total. The minimum Gasteiger partial charge on any atom is -0.490 e. The third kappa shape index (κ3) is 3.97. The summed E-state index contributed by atoms with van der Waals surface area (Å²) < 4.78 is 23.3. The van der Waals surface area contributed by atoms with Gasteiger partial charge >= 0.3 is 5.97 Å². The molecule has 100 valence electrons. The molecule has 0 aromatic heterocycles. The van der Waals surface area contributed by atoms with Gasteiger partial charge in [0, 0.05) is 6.61 Å². The van der Waals surface area contributed by atoms with Gasteiger partial charge in [0.15, 0.2) is 0 Å². The van der Waals surface area contributed by atoms with E-state index < -0.39 is 23.5 Å². The molecule has 0 saturated carbocycles. The van der Waals surface area contributed by atoms with Gasteiger partial charge in [0.1, 0.15) is 29.8 Å². The quantitative estimate of drug-likeness (QED) is 0.771. The Balaban J connectivity index is 2.67. The number of benzene rings is 1. The molecule has 0 aliphatic carbocycles. The van der Waals surface area contributed by atoms with Gasteiger partial charge in [0.2, 0.25) is 0 Å². The average Bonchev–Trinajstić information content (AvgIpc) is 2.33. The highest BCUT2D eigenvalue weighted by atomic mass is 19.1. The van der Waals surface area contributed by atoms with E-state index in [0.717, 1.165) is 6.07 Å². The number of carbonyl (C=O) groups is 1. The zero-order valence-corrected chi connectivity index (χ0v) is 9.93. The number of aromatic carboxylic acids is 1. The molecule has 5 nitrogen and oxygen atoms in total. The smallest absolute Gasteiger partial charge is 0.342 e. The number of carboxylic acids is 1. The third-order valence-electron chi connectivity index (χ3n) is 2.13. The van der Waals surface area contributed by atoms with Crippen LogP contribution in [-0.2, 0) is 4.74 Å². The topological polar surface area (TPSA) is 76.0 Å². The molecule has 1 unspecified atom stereocenters. The van der Waals surface area contributed by atoms with Crippen molar-refractivity contribution in [2.45, 2.75) is 13.0 Å². The second-order valence-corrected chi connectivity index (χ2v) is 3.54. The minimum atomic E-state index is -1.41. The van der Waals surface area contributed by atoms with E-state index in [4.69, 9.17) is 14.6 Å². The molecule has 0 aliphatic heterocycles. The van der Waals surface area contributed by atoms with E-state index in [1.165, 1.54) is 12.1 Å². The maximum absolute atomic E-state index is 13.3. The van der Waals surface area contributed by atoms with Crippen molar-refractivity contribution in [2.75, 3.05) is 19.8 Å². The van der Waals surface area contributed by atoms with Gasteiger partial charge in [-0.2, -0.15) is 0 Å². The van der Waals surface area contributed by atoms with E-state index in [1.54, 1.807) is 6.92 Å². The van der Waals surface area contributed by atoms with E-state index >= 15 is 0 Å². The Morgan fingerprint density at radius 3 is 2.78 bits per heavy atom. The fourth-order valence-electron chi connectivity index (χ4n) is 1.32. The van der Waals surface area contributed by atoms with Gasteiger partial charge in [0.25, 0.3) is 0 Å². The average molecular weight is 258 g/mol. The summed E-state index contributed by atoms with van der Waals surface area (Å²) >= 11 is 0. The largest absolute Gasteiger partial charge is 0.490 e. The molecule has 0 amide bonds. The predicted octanol–water partition coefficient (Wildman–Crippen LogP) is 1.30. The number of carboxylic acid groups (broad SMARTS) is 1. The first-order valence-electron chi connectivity index (χ1n) is 5.46. The summed E-state index contributed by atoms with van der Waals surface area (Å²) in [5, 5.41) is 18.3. The number of rotatable bonds is 7. The Labute approximate surface area is 104 Å². The van der Waals surface area contributed by atoms with Crippen LogP contribution in [-0.4, -0.2) is 42.1 Å². The lowest BCUT2D eigenvalue weighted by Crippen LogP contribution is -2.24. The van der Waals surface area contributed by atoms with Crippen LogP contribution >= 0.6 is 0 Å². The SMILES string of the molecule is CCOCC(O)COc1cccc(F)c1C(=O)O. The molecule has 0 radical (unpaired) electrons. The number of ether oxygens (including phenoxy) is 2. The van der Waals surface area contributed by atoms with Crippen LogP contribution in [0.15, 0.2) is 18.2 Å². The molecule has 0 heterocycles. The maximum Gasteiger partial charge on any atom is 0.342 e. The monoisotopic (exact) mass is 258 g/mol. The molecule has 6 heteroatoms. The lowest BCUT2D eigenvalue weighted by atomic mass is 10.2. The van der Waals surface area contributed by atoms with E-state index in [9.17, 15) is 14.3 Å². The molecule has 0 aliphatic rings. The van der Waals surface area contributed by atoms with Gasteiger partial charge in [0.05, 0.1) is 6.61 Å². The summed E-state index contributed by atoms with van der Waals surface area (Å²) in [6.45, 7) is 2.15. The summed E-state index contributed by atoms with van der Waals surface area (Å²) in [5.41, 5.74) is -0.541. The second kappa shape index (κ2) is 6.93. The van der Waals surface area contributed by atoms with Crippen molar-refractivity contribution < 1.29 is 28.9 Å². The van der Waals surface area contributed by atoms with Gasteiger partial charge in [-0.3, -0.25) is 0 Å². The van der Waals surface area contributed by atoms with Crippen molar-refractivity contribution in [3.63, 3.8) is 0 Å². The van der Waals surface area contributed by atoms with Crippen LogP contribution < -0.4 is 4.74 Å². The zero-order valence-electron chi connectivity index (χ0n) is 9.93. The van der Waals surface area contributed by atoms with Gasteiger partial charge in [-0.1, -0.05) is 6.07 Å². The molecule has 1 aromatic carbocycles. The van der Waals surface area contributed by atoms with Crippen LogP contribution in [0.25, 0.3) is 0 Å². The van der Waals surface area contributed by atoms with Crippen LogP contribution in [0.5, 0.6) is 5.75 Å². The Bertz CT molecular complexity index is 407. The van der Waals surface area contributed by atoms with Crippen molar-refractivity contribution in [2.24, 2.45) is 0 Å². The van der Waals surface area contributed by atoms with Crippen molar-refractivity contribution >= 4 is 5.97 Å². The molecule has 1 atom stereocenters. The van der Waals surface area contributed by atoms with E-state index in [2.05, 4.69) is 0 Å². The minimum absolute atomic E-state index is 0.0776. The Hall–Kier alpha value is -1.66. The lowest BCUT2D eigenvalue weighted by molar-refractivity contribution is 0.0160. The van der Waals surface area contributed by atoms with Crippen LogP contribution in [0.1, 0.15) is 17.3 Å². The number of hydrogen-bond donors (Lipinski definition) is 2. The third-order valence-corrected chi connectivity index (χ3v) is 2.13. The standard InChI is InChI=1S/C12H15FO5/c1-2-17-6-8(14)7-18-10-5-3-4-9(13)11(10)12(15)16/h3-5,8,14H,2,6-7H2,1H3,(H,15,16). The highest BCUT2D eigenvalue weighted by molar-refractivity contribution is 5.91. The normalized spacial score (nSPS) is 12.2. The zero-order chi connectivity index (χ0) is 13.5. The maximum atomic E-state index is 13.3. The van der Waals surface area contributed by atoms with Crippen LogP contribution in [0.2, 0.25) is 0 Å². The van der Waals surface area contributed by atoms with Gasteiger partial charge in [-0.05, 0) is 19.1 Å². The summed E-state index contributed by atoms with van der Waals surface area (Å²) in [5.74, 6) is -2.40. The van der Waals surface area contributed by atoms with Crippen molar-refractivity contribution in [1.29, 1.82) is 0 Å². The molecular formula is C12H15FO5. The Morgan fingerprint density at radius 1 is 1.44 bits per heavy atom. The fraction of sp³-hybridized carbons (Fsp3) is 0.417. The van der Waals surface area contributed by atoms with E-state index in [0.29, 0.717) is 6.61 Å². The van der Waals surface area contributed by atoms with Crippen molar-refractivity contribution in [1.82, 2.24) is 0 Å². The molecule has 18 heavy (non-hydrogen) atoms. The molecule has 0 spiro atoms. The van der Waals surface area contributed by atoms with E-state index in [-0.39, 0.29) is 19.0 Å². The van der Waals surface area contributed by atoms with Crippen LogP contribution in [0.3, 0.4) is 0 Å². The van der Waals surface area contributed by atoms with Crippen LogP contribution in [0, 0.1) is 5.82 Å². The number of aliphatic hydroxyl groups excluding tert-OH is 1. The second-order valence-electron chi connectivity index (χ2n) is 3.54. The number of hydrogen-bond acceptors (Lipinski definition) is 4. The molecule has 0 fully saturated rings. The highest BCUT2D eigenvalue weighted by Gasteiger charge is 2.17.